The zero-order chi connectivity index (χ0) is 17.4. The quantitative estimate of drug-likeness (QED) is 0.881. The summed E-state index contributed by atoms with van der Waals surface area (Å²) in [6.45, 7) is 12.5. The van der Waals surface area contributed by atoms with Crippen LogP contribution in [0.1, 0.15) is 25.8 Å². The number of aliphatic hydroxyl groups is 1. The molecular formula is C21H33N3O. The monoisotopic (exact) mass is 343 g/mol. The van der Waals surface area contributed by atoms with Gasteiger partial charge in [-0.2, -0.15) is 0 Å². The van der Waals surface area contributed by atoms with Gasteiger partial charge in [0.25, 0.3) is 0 Å². The summed E-state index contributed by atoms with van der Waals surface area (Å²) in [6, 6.07) is 11.4. The summed E-state index contributed by atoms with van der Waals surface area (Å²) in [5.74, 6) is 0.712. The van der Waals surface area contributed by atoms with E-state index in [1.54, 1.807) is 0 Å². The topological polar surface area (TPSA) is 30.0 Å². The van der Waals surface area contributed by atoms with Crippen molar-refractivity contribution < 1.29 is 5.11 Å². The fourth-order valence-electron chi connectivity index (χ4n) is 5.33. The molecule has 0 bridgehead atoms. The third kappa shape index (κ3) is 3.63. The summed E-state index contributed by atoms with van der Waals surface area (Å²) >= 11 is 0. The van der Waals surface area contributed by atoms with Crippen molar-refractivity contribution in [1.29, 1.82) is 0 Å². The van der Waals surface area contributed by atoms with E-state index in [1.807, 2.05) is 0 Å². The van der Waals surface area contributed by atoms with Gasteiger partial charge >= 0.3 is 0 Å². The summed E-state index contributed by atoms with van der Waals surface area (Å²) in [7, 11) is 0. The molecule has 138 valence electrons. The van der Waals surface area contributed by atoms with E-state index >= 15 is 0 Å². The lowest BCUT2D eigenvalue weighted by Gasteiger charge is -2.61. The lowest BCUT2D eigenvalue weighted by Crippen LogP contribution is -2.78. The average molecular weight is 344 g/mol. The molecule has 25 heavy (non-hydrogen) atoms. The molecule has 1 spiro atoms. The third-order valence-corrected chi connectivity index (χ3v) is 6.21. The number of hydrogen-bond donors (Lipinski definition) is 1. The Balaban J connectivity index is 1.38. The lowest BCUT2D eigenvalue weighted by atomic mass is 9.83. The molecule has 0 saturated carbocycles. The molecule has 0 amide bonds. The maximum Gasteiger partial charge on any atom is 0.0682 e. The Labute approximate surface area is 152 Å². The molecule has 3 aliphatic rings. The molecule has 0 unspecified atom stereocenters. The first-order valence-electron chi connectivity index (χ1n) is 9.97. The van der Waals surface area contributed by atoms with Gasteiger partial charge in [-0.25, -0.2) is 0 Å². The Morgan fingerprint density at radius 3 is 2.52 bits per heavy atom. The Morgan fingerprint density at radius 2 is 1.80 bits per heavy atom. The van der Waals surface area contributed by atoms with E-state index in [1.165, 1.54) is 18.7 Å². The van der Waals surface area contributed by atoms with Crippen molar-refractivity contribution in [3.8, 4) is 0 Å². The minimum Gasteiger partial charge on any atom is -0.392 e. The second-order valence-corrected chi connectivity index (χ2v) is 8.95. The fraction of sp³-hybridized carbons (Fsp3) is 0.714. The normalized spacial score (nSPS) is 29.9. The van der Waals surface area contributed by atoms with Crippen molar-refractivity contribution in [2.75, 3.05) is 45.8 Å². The van der Waals surface area contributed by atoms with Gasteiger partial charge < -0.3 is 5.11 Å². The van der Waals surface area contributed by atoms with E-state index in [2.05, 4.69) is 58.9 Å². The number of rotatable bonds is 5. The van der Waals surface area contributed by atoms with Crippen molar-refractivity contribution in [3.63, 3.8) is 0 Å². The van der Waals surface area contributed by atoms with E-state index in [0.29, 0.717) is 12.0 Å². The van der Waals surface area contributed by atoms with Crippen molar-refractivity contribution in [2.45, 2.75) is 44.4 Å². The number of β-amino-alcohol motifs (C(OH)–C–C–N with tert-alkyl or cyclic N) is 1. The number of fused-ring (bicyclic) bond motifs is 2. The van der Waals surface area contributed by atoms with Crippen LogP contribution in [0.25, 0.3) is 0 Å². The molecule has 1 aromatic carbocycles. The minimum absolute atomic E-state index is 0.126. The number of benzene rings is 1. The molecule has 3 saturated heterocycles. The van der Waals surface area contributed by atoms with Crippen molar-refractivity contribution in [2.24, 2.45) is 5.92 Å². The molecule has 0 aliphatic carbocycles. The van der Waals surface area contributed by atoms with E-state index in [4.69, 9.17) is 0 Å². The standard InChI is InChI=1S/C21H33N3O/c1-17(2)11-23-12-19-10-20(25)13-24(19)21(16-23)14-22(15-21)9-8-18-6-4-3-5-7-18/h3-7,17,19-20,25H,8-16H2,1-2H3/t19-,20+/m0/s1. The third-order valence-electron chi connectivity index (χ3n) is 6.21. The molecule has 3 heterocycles. The first kappa shape index (κ1) is 17.5. The highest BCUT2D eigenvalue weighted by Gasteiger charge is 2.55. The van der Waals surface area contributed by atoms with Gasteiger partial charge in [-0.15, -0.1) is 0 Å². The molecular weight excluding hydrogens is 310 g/mol. The van der Waals surface area contributed by atoms with Crippen LogP contribution in [0, 0.1) is 5.92 Å². The highest BCUT2D eigenvalue weighted by atomic mass is 16.3. The SMILES string of the molecule is CC(C)CN1C[C@@H]2C[C@@H](O)CN2C2(C1)CN(CCc1ccccc1)C2. The lowest BCUT2D eigenvalue weighted by molar-refractivity contribution is -0.114. The highest BCUT2D eigenvalue weighted by molar-refractivity contribution is 5.17. The molecule has 4 rings (SSSR count). The number of nitrogens with zero attached hydrogens (tertiary/aromatic N) is 3. The first-order valence-corrected chi connectivity index (χ1v) is 9.97. The number of hydrogen-bond acceptors (Lipinski definition) is 4. The van der Waals surface area contributed by atoms with Crippen LogP contribution in [0.2, 0.25) is 0 Å². The molecule has 1 N–H and O–H groups in total. The Hall–Kier alpha value is -0.940. The molecule has 0 radical (unpaired) electrons. The minimum atomic E-state index is -0.126. The number of likely N-dealkylation sites (tertiary alicyclic amines) is 1. The summed E-state index contributed by atoms with van der Waals surface area (Å²) < 4.78 is 0. The van der Waals surface area contributed by atoms with Crippen molar-refractivity contribution >= 4 is 0 Å². The van der Waals surface area contributed by atoms with Crippen LogP contribution in [-0.2, 0) is 6.42 Å². The van der Waals surface area contributed by atoms with Crippen molar-refractivity contribution in [3.05, 3.63) is 35.9 Å². The van der Waals surface area contributed by atoms with Gasteiger partial charge in [-0.05, 0) is 24.3 Å². The fourth-order valence-corrected chi connectivity index (χ4v) is 5.33. The van der Waals surface area contributed by atoms with Gasteiger partial charge in [0.1, 0.15) is 0 Å². The number of piperazine rings is 1. The van der Waals surface area contributed by atoms with E-state index in [9.17, 15) is 5.11 Å². The average Bonchev–Trinajstić information content (AvgIpc) is 2.91. The maximum atomic E-state index is 10.2. The molecule has 4 nitrogen and oxygen atoms in total. The summed E-state index contributed by atoms with van der Waals surface area (Å²) in [5.41, 5.74) is 1.72. The smallest absolute Gasteiger partial charge is 0.0682 e. The Kier molecular flexibility index (Phi) is 4.89. The van der Waals surface area contributed by atoms with E-state index < -0.39 is 0 Å². The zero-order valence-electron chi connectivity index (χ0n) is 15.8. The van der Waals surface area contributed by atoms with Gasteiger partial charge in [0.05, 0.1) is 11.6 Å². The second-order valence-electron chi connectivity index (χ2n) is 8.95. The van der Waals surface area contributed by atoms with Crippen LogP contribution in [-0.4, -0.2) is 83.3 Å². The van der Waals surface area contributed by atoms with Gasteiger partial charge in [-0.3, -0.25) is 14.7 Å². The van der Waals surface area contributed by atoms with Crippen LogP contribution in [0.4, 0.5) is 0 Å². The van der Waals surface area contributed by atoms with Gasteiger partial charge in [0.2, 0.25) is 0 Å². The summed E-state index contributed by atoms with van der Waals surface area (Å²) in [5, 5.41) is 10.2. The number of aliphatic hydroxyl groups excluding tert-OH is 1. The molecule has 3 fully saturated rings. The van der Waals surface area contributed by atoms with Gasteiger partial charge in [0, 0.05) is 51.9 Å². The molecule has 1 aromatic rings. The molecule has 2 atom stereocenters. The Morgan fingerprint density at radius 1 is 1.08 bits per heavy atom. The molecule has 4 heteroatoms. The molecule has 0 aromatic heterocycles. The predicted molar refractivity (Wildman–Crippen MR) is 102 cm³/mol. The van der Waals surface area contributed by atoms with Crippen LogP contribution in [0.15, 0.2) is 30.3 Å². The van der Waals surface area contributed by atoms with Gasteiger partial charge in [0.15, 0.2) is 0 Å². The van der Waals surface area contributed by atoms with Crippen LogP contribution in [0.5, 0.6) is 0 Å². The van der Waals surface area contributed by atoms with Crippen LogP contribution < -0.4 is 0 Å². The van der Waals surface area contributed by atoms with E-state index in [-0.39, 0.29) is 11.6 Å². The van der Waals surface area contributed by atoms with Gasteiger partial charge in [-0.1, -0.05) is 44.2 Å². The van der Waals surface area contributed by atoms with E-state index in [0.717, 1.165) is 45.6 Å². The summed E-state index contributed by atoms with van der Waals surface area (Å²) in [4.78, 5) is 7.93. The second kappa shape index (κ2) is 6.99. The highest BCUT2D eigenvalue weighted by Crippen LogP contribution is 2.39. The summed E-state index contributed by atoms with van der Waals surface area (Å²) in [6.07, 6.45) is 1.97. The maximum absolute atomic E-state index is 10.2. The predicted octanol–water partition coefficient (Wildman–Crippen LogP) is 1.69. The zero-order valence-corrected chi connectivity index (χ0v) is 15.8. The Bertz CT molecular complexity index is 570. The van der Waals surface area contributed by atoms with Crippen molar-refractivity contribution in [1.82, 2.24) is 14.7 Å². The largest absolute Gasteiger partial charge is 0.392 e. The van der Waals surface area contributed by atoms with Crippen LogP contribution in [0.3, 0.4) is 0 Å². The van der Waals surface area contributed by atoms with Crippen LogP contribution >= 0.6 is 0 Å². The molecule has 3 aliphatic heterocycles. The first-order chi connectivity index (χ1) is 12.0.